The molecule has 2 N–H and O–H groups in total. The summed E-state index contributed by atoms with van der Waals surface area (Å²) in [7, 11) is 0. The molecule has 0 radical (unpaired) electrons. The number of hydrogen-bond donors (Lipinski definition) is 2. The van der Waals surface area contributed by atoms with Crippen LogP contribution in [0.2, 0.25) is 0 Å². The molecule has 2 rings (SSSR count). The smallest absolute Gasteiger partial charge is 0.119 e. The Kier molecular flexibility index (Phi) is 4.58. The second-order valence-corrected chi connectivity index (χ2v) is 4.76. The average molecular weight is 259 g/mol. The molecule has 2 aromatic rings. The standard InChI is InChI=1S/C15H21N3O/c1-4-19-14-7-5-12(6-8-14)15-13(10-17-18-15)9-16-11(2)3/h5-8,10-11,16H,4,9H2,1-3H3,(H,17,18). The molecule has 4 heteroatoms. The predicted octanol–water partition coefficient (Wildman–Crippen LogP) is 2.97. The summed E-state index contributed by atoms with van der Waals surface area (Å²) in [6.45, 7) is 7.76. The normalized spacial score (nSPS) is 10.9. The van der Waals surface area contributed by atoms with Crippen LogP contribution in [0.25, 0.3) is 11.3 Å². The molecule has 0 unspecified atom stereocenters. The van der Waals surface area contributed by atoms with Crippen LogP contribution in [-0.4, -0.2) is 22.8 Å². The number of nitrogens with zero attached hydrogens (tertiary/aromatic N) is 1. The van der Waals surface area contributed by atoms with Crippen molar-refractivity contribution in [3.05, 3.63) is 36.0 Å². The molecule has 0 aliphatic heterocycles. The molecule has 0 spiro atoms. The summed E-state index contributed by atoms with van der Waals surface area (Å²) in [5.41, 5.74) is 3.37. The molecule has 1 aromatic carbocycles. The Bertz CT molecular complexity index is 502. The molecule has 0 aliphatic carbocycles. The zero-order valence-electron chi connectivity index (χ0n) is 11.7. The number of H-pyrrole nitrogens is 1. The third-order valence-electron chi connectivity index (χ3n) is 2.87. The molecule has 0 bridgehead atoms. The molecular formula is C15H21N3O. The van der Waals surface area contributed by atoms with Crippen LogP contribution >= 0.6 is 0 Å². The van der Waals surface area contributed by atoms with Gasteiger partial charge in [-0.2, -0.15) is 5.10 Å². The number of rotatable bonds is 6. The Balaban J connectivity index is 2.15. The fourth-order valence-electron chi connectivity index (χ4n) is 1.89. The van der Waals surface area contributed by atoms with E-state index in [-0.39, 0.29) is 0 Å². The van der Waals surface area contributed by atoms with Crippen molar-refractivity contribution in [1.82, 2.24) is 15.5 Å². The van der Waals surface area contributed by atoms with Crippen LogP contribution < -0.4 is 10.1 Å². The van der Waals surface area contributed by atoms with Gasteiger partial charge in [0.25, 0.3) is 0 Å². The third kappa shape index (κ3) is 3.58. The van der Waals surface area contributed by atoms with Crippen molar-refractivity contribution in [1.29, 1.82) is 0 Å². The Labute approximate surface area is 114 Å². The number of aromatic nitrogens is 2. The molecule has 0 saturated heterocycles. The maximum atomic E-state index is 5.45. The molecule has 0 saturated carbocycles. The highest BCUT2D eigenvalue weighted by Crippen LogP contribution is 2.23. The number of hydrogen-bond acceptors (Lipinski definition) is 3. The van der Waals surface area contributed by atoms with E-state index in [2.05, 4.69) is 41.5 Å². The molecule has 1 heterocycles. The van der Waals surface area contributed by atoms with Crippen LogP contribution in [0.15, 0.2) is 30.5 Å². The maximum absolute atomic E-state index is 5.45. The molecular weight excluding hydrogens is 238 g/mol. The highest BCUT2D eigenvalue weighted by Gasteiger charge is 2.08. The minimum Gasteiger partial charge on any atom is -0.494 e. The van der Waals surface area contributed by atoms with Crippen LogP contribution in [0.4, 0.5) is 0 Å². The van der Waals surface area contributed by atoms with E-state index in [0.29, 0.717) is 12.6 Å². The first-order valence-corrected chi connectivity index (χ1v) is 6.69. The van der Waals surface area contributed by atoms with Gasteiger partial charge in [-0.05, 0) is 31.2 Å². The Morgan fingerprint density at radius 1 is 1.26 bits per heavy atom. The molecule has 19 heavy (non-hydrogen) atoms. The lowest BCUT2D eigenvalue weighted by Gasteiger charge is -2.09. The van der Waals surface area contributed by atoms with Gasteiger partial charge in [-0.3, -0.25) is 5.10 Å². The highest BCUT2D eigenvalue weighted by atomic mass is 16.5. The topological polar surface area (TPSA) is 49.9 Å². The summed E-state index contributed by atoms with van der Waals surface area (Å²) in [6.07, 6.45) is 1.88. The summed E-state index contributed by atoms with van der Waals surface area (Å²) in [5.74, 6) is 0.896. The van der Waals surface area contributed by atoms with Crippen molar-refractivity contribution in [3.63, 3.8) is 0 Å². The molecule has 0 amide bonds. The monoisotopic (exact) mass is 259 g/mol. The lowest BCUT2D eigenvalue weighted by molar-refractivity contribution is 0.340. The summed E-state index contributed by atoms with van der Waals surface area (Å²) in [6, 6.07) is 8.54. The molecule has 0 aliphatic rings. The minimum atomic E-state index is 0.461. The fraction of sp³-hybridized carbons (Fsp3) is 0.400. The molecule has 102 valence electrons. The highest BCUT2D eigenvalue weighted by molar-refractivity contribution is 5.63. The summed E-state index contributed by atoms with van der Waals surface area (Å²) in [5, 5.41) is 10.6. The number of aromatic amines is 1. The van der Waals surface area contributed by atoms with Gasteiger partial charge in [0.05, 0.1) is 18.5 Å². The predicted molar refractivity (Wildman–Crippen MR) is 77.2 cm³/mol. The van der Waals surface area contributed by atoms with Gasteiger partial charge >= 0.3 is 0 Å². The van der Waals surface area contributed by atoms with Gasteiger partial charge in [-0.1, -0.05) is 13.8 Å². The van der Waals surface area contributed by atoms with Crippen molar-refractivity contribution in [2.45, 2.75) is 33.4 Å². The quantitative estimate of drug-likeness (QED) is 0.838. The lowest BCUT2D eigenvalue weighted by atomic mass is 10.1. The first kappa shape index (κ1) is 13.6. The van der Waals surface area contributed by atoms with Crippen LogP contribution in [0.1, 0.15) is 26.3 Å². The zero-order chi connectivity index (χ0) is 13.7. The number of benzene rings is 1. The van der Waals surface area contributed by atoms with E-state index in [0.717, 1.165) is 23.6 Å². The lowest BCUT2D eigenvalue weighted by Crippen LogP contribution is -2.21. The van der Waals surface area contributed by atoms with E-state index in [1.54, 1.807) is 0 Å². The van der Waals surface area contributed by atoms with Crippen molar-refractivity contribution in [2.75, 3.05) is 6.61 Å². The van der Waals surface area contributed by atoms with Crippen molar-refractivity contribution in [3.8, 4) is 17.0 Å². The third-order valence-corrected chi connectivity index (χ3v) is 2.87. The second kappa shape index (κ2) is 6.38. The largest absolute Gasteiger partial charge is 0.494 e. The zero-order valence-corrected chi connectivity index (χ0v) is 11.7. The van der Waals surface area contributed by atoms with Crippen LogP contribution in [0.5, 0.6) is 5.75 Å². The molecule has 0 fully saturated rings. The minimum absolute atomic E-state index is 0.461. The summed E-state index contributed by atoms with van der Waals surface area (Å²) >= 11 is 0. The van der Waals surface area contributed by atoms with Gasteiger partial charge in [0, 0.05) is 23.7 Å². The van der Waals surface area contributed by atoms with Crippen molar-refractivity contribution >= 4 is 0 Å². The first-order valence-electron chi connectivity index (χ1n) is 6.69. The summed E-state index contributed by atoms with van der Waals surface area (Å²) < 4.78 is 5.45. The van der Waals surface area contributed by atoms with E-state index in [1.165, 1.54) is 5.56 Å². The van der Waals surface area contributed by atoms with E-state index < -0.39 is 0 Å². The van der Waals surface area contributed by atoms with Crippen molar-refractivity contribution in [2.24, 2.45) is 0 Å². The van der Waals surface area contributed by atoms with Gasteiger partial charge in [0.15, 0.2) is 0 Å². The van der Waals surface area contributed by atoms with E-state index in [9.17, 15) is 0 Å². The Hall–Kier alpha value is -1.81. The van der Waals surface area contributed by atoms with Gasteiger partial charge in [-0.25, -0.2) is 0 Å². The van der Waals surface area contributed by atoms with E-state index >= 15 is 0 Å². The SMILES string of the molecule is CCOc1ccc(-c2[nH]ncc2CNC(C)C)cc1. The van der Waals surface area contributed by atoms with Crippen LogP contribution in [-0.2, 0) is 6.54 Å². The maximum Gasteiger partial charge on any atom is 0.119 e. The molecule has 0 atom stereocenters. The van der Waals surface area contributed by atoms with Gasteiger partial charge < -0.3 is 10.1 Å². The van der Waals surface area contributed by atoms with Gasteiger partial charge in [0.2, 0.25) is 0 Å². The number of nitrogens with one attached hydrogen (secondary N) is 2. The number of ether oxygens (including phenoxy) is 1. The Morgan fingerprint density at radius 3 is 2.63 bits per heavy atom. The molecule has 1 aromatic heterocycles. The first-order chi connectivity index (χ1) is 9.20. The average Bonchev–Trinajstić information content (AvgIpc) is 2.86. The summed E-state index contributed by atoms with van der Waals surface area (Å²) in [4.78, 5) is 0. The molecule has 4 nitrogen and oxygen atoms in total. The fourth-order valence-corrected chi connectivity index (χ4v) is 1.89. The van der Waals surface area contributed by atoms with Gasteiger partial charge in [0.1, 0.15) is 5.75 Å². The van der Waals surface area contributed by atoms with E-state index in [4.69, 9.17) is 4.74 Å². The van der Waals surface area contributed by atoms with E-state index in [1.807, 2.05) is 25.3 Å². The second-order valence-electron chi connectivity index (χ2n) is 4.76. The van der Waals surface area contributed by atoms with Gasteiger partial charge in [-0.15, -0.1) is 0 Å². The van der Waals surface area contributed by atoms with Crippen LogP contribution in [0.3, 0.4) is 0 Å². The van der Waals surface area contributed by atoms with Crippen LogP contribution in [0, 0.1) is 0 Å². The Morgan fingerprint density at radius 2 is 2.00 bits per heavy atom. The van der Waals surface area contributed by atoms with Crippen molar-refractivity contribution < 1.29 is 4.74 Å².